The summed E-state index contributed by atoms with van der Waals surface area (Å²) < 4.78 is 11.3. The van der Waals surface area contributed by atoms with Crippen LogP contribution in [0.3, 0.4) is 0 Å². The van der Waals surface area contributed by atoms with Gasteiger partial charge in [0.1, 0.15) is 17.4 Å². The summed E-state index contributed by atoms with van der Waals surface area (Å²) in [6, 6.07) is 1.66. The van der Waals surface area contributed by atoms with Gasteiger partial charge in [-0.2, -0.15) is 0 Å². The highest BCUT2D eigenvalue weighted by molar-refractivity contribution is 6.34. The Morgan fingerprint density at radius 1 is 1.28 bits per heavy atom. The summed E-state index contributed by atoms with van der Waals surface area (Å²) in [6.45, 7) is 1.07. The molecule has 0 spiro atoms. The quantitative estimate of drug-likeness (QED) is 0.803. The molecule has 2 fully saturated rings. The van der Waals surface area contributed by atoms with Crippen LogP contribution in [0, 0.1) is 0 Å². The molecular formula is C11H13Cl2N3O2. The predicted octanol–water partition coefficient (Wildman–Crippen LogP) is 1.29. The maximum absolute atomic E-state index is 6.06. The molecule has 2 aliphatic rings. The molecule has 0 amide bonds. The summed E-state index contributed by atoms with van der Waals surface area (Å²) in [6.07, 6.45) is 1.43. The molecule has 2 aliphatic heterocycles. The summed E-state index contributed by atoms with van der Waals surface area (Å²) in [5, 5.41) is 4.19. The average molecular weight is 290 g/mol. The van der Waals surface area contributed by atoms with Gasteiger partial charge in [0.15, 0.2) is 0 Å². The Morgan fingerprint density at radius 3 is 2.89 bits per heavy atom. The SMILES string of the molecule is N[C@H]1COC2C1OC[C@@H]2Nc1cc(Cl)ncc1Cl. The molecule has 1 aromatic rings. The largest absolute Gasteiger partial charge is 0.376 e. The molecule has 0 radical (unpaired) electrons. The van der Waals surface area contributed by atoms with Crippen molar-refractivity contribution in [1.29, 1.82) is 0 Å². The van der Waals surface area contributed by atoms with Gasteiger partial charge in [-0.25, -0.2) is 4.98 Å². The molecule has 4 atom stereocenters. The number of ether oxygens (including phenoxy) is 2. The number of aromatic nitrogens is 1. The Morgan fingerprint density at radius 2 is 2.06 bits per heavy atom. The van der Waals surface area contributed by atoms with E-state index < -0.39 is 0 Å². The first-order valence-corrected chi connectivity index (χ1v) is 6.47. The van der Waals surface area contributed by atoms with Crippen molar-refractivity contribution in [2.75, 3.05) is 18.5 Å². The zero-order valence-corrected chi connectivity index (χ0v) is 11.0. The van der Waals surface area contributed by atoms with E-state index in [-0.39, 0.29) is 24.3 Å². The van der Waals surface area contributed by atoms with Crippen LogP contribution in [-0.2, 0) is 9.47 Å². The highest BCUT2D eigenvalue weighted by Gasteiger charge is 2.46. The Balaban J connectivity index is 1.75. The van der Waals surface area contributed by atoms with Crippen molar-refractivity contribution in [3.63, 3.8) is 0 Å². The fraction of sp³-hybridized carbons (Fsp3) is 0.545. The summed E-state index contributed by atoms with van der Waals surface area (Å²) >= 11 is 11.9. The number of rotatable bonds is 2. The van der Waals surface area contributed by atoms with Gasteiger partial charge in [0, 0.05) is 12.3 Å². The molecule has 0 bridgehead atoms. The molecule has 2 unspecified atom stereocenters. The van der Waals surface area contributed by atoms with E-state index in [0.29, 0.717) is 23.4 Å². The van der Waals surface area contributed by atoms with E-state index in [9.17, 15) is 0 Å². The summed E-state index contributed by atoms with van der Waals surface area (Å²) in [5.74, 6) is 0. The molecule has 98 valence electrons. The number of nitrogens with one attached hydrogen (secondary N) is 1. The molecule has 0 saturated carbocycles. The molecule has 0 aliphatic carbocycles. The van der Waals surface area contributed by atoms with Gasteiger partial charge in [-0.1, -0.05) is 23.2 Å². The third-order valence-electron chi connectivity index (χ3n) is 3.25. The monoisotopic (exact) mass is 289 g/mol. The fourth-order valence-electron chi connectivity index (χ4n) is 2.38. The molecule has 5 nitrogen and oxygen atoms in total. The van der Waals surface area contributed by atoms with Gasteiger partial charge in [-0.15, -0.1) is 0 Å². The van der Waals surface area contributed by atoms with Crippen molar-refractivity contribution in [2.24, 2.45) is 5.73 Å². The molecular weight excluding hydrogens is 277 g/mol. The zero-order valence-electron chi connectivity index (χ0n) is 9.48. The van der Waals surface area contributed by atoms with Crippen LogP contribution in [-0.4, -0.2) is 42.5 Å². The number of anilines is 1. The van der Waals surface area contributed by atoms with Crippen molar-refractivity contribution in [1.82, 2.24) is 4.98 Å². The first-order valence-electron chi connectivity index (χ1n) is 5.71. The second-order valence-corrected chi connectivity index (χ2v) is 5.29. The lowest BCUT2D eigenvalue weighted by molar-refractivity contribution is 0.0699. The highest BCUT2D eigenvalue weighted by Crippen LogP contribution is 2.30. The summed E-state index contributed by atoms with van der Waals surface area (Å²) in [7, 11) is 0. The Bertz CT molecular complexity index is 460. The minimum absolute atomic E-state index is 0.0273. The average Bonchev–Trinajstić information content (AvgIpc) is 2.89. The summed E-state index contributed by atoms with van der Waals surface area (Å²) in [5.41, 5.74) is 6.63. The first-order chi connectivity index (χ1) is 8.65. The number of fused-ring (bicyclic) bond motifs is 1. The van der Waals surface area contributed by atoms with Crippen LogP contribution >= 0.6 is 23.2 Å². The third-order valence-corrected chi connectivity index (χ3v) is 3.76. The minimum Gasteiger partial charge on any atom is -0.376 e. The molecule has 3 rings (SSSR count). The van der Waals surface area contributed by atoms with Crippen molar-refractivity contribution in [2.45, 2.75) is 24.3 Å². The highest BCUT2D eigenvalue weighted by atomic mass is 35.5. The van der Waals surface area contributed by atoms with E-state index in [4.69, 9.17) is 38.4 Å². The maximum atomic E-state index is 6.06. The minimum atomic E-state index is -0.0571. The number of nitrogens with two attached hydrogens (primary N) is 1. The number of hydrogen-bond acceptors (Lipinski definition) is 5. The van der Waals surface area contributed by atoms with Gasteiger partial charge in [0.05, 0.1) is 36.0 Å². The van der Waals surface area contributed by atoms with Crippen LogP contribution < -0.4 is 11.1 Å². The van der Waals surface area contributed by atoms with Crippen LogP contribution in [0.1, 0.15) is 0 Å². The van der Waals surface area contributed by atoms with E-state index in [1.807, 2.05) is 0 Å². The fourth-order valence-corrected chi connectivity index (χ4v) is 2.69. The van der Waals surface area contributed by atoms with E-state index in [1.165, 1.54) is 6.20 Å². The second-order valence-electron chi connectivity index (χ2n) is 4.50. The molecule has 3 heterocycles. The van der Waals surface area contributed by atoms with E-state index in [0.717, 1.165) is 5.69 Å². The van der Waals surface area contributed by atoms with Crippen LogP contribution in [0.4, 0.5) is 5.69 Å². The van der Waals surface area contributed by atoms with Crippen LogP contribution in [0.5, 0.6) is 0 Å². The van der Waals surface area contributed by atoms with Gasteiger partial charge in [-0.3, -0.25) is 0 Å². The lowest BCUT2D eigenvalue weighted by atomic mass is 10.1. The number of pyridine rings is 1. The predicted molar refractivity (Wildman–Crippen MR) is 69.1 cm³/mol. The van der Waals surface area contributed by atoms with E-state index >= 15 is 0 Å². The molecule has 3 N–H and O–H groups in total. The Labute approximate surface area is 115 Å². The Kier molecular flexibility index (Phi) is 3.34. The lowest BCUT2D eigenvalue weighted by Gasteiger charge is -2.19. The van der Waals surface area contributed by atoms with E-state index in [1.54, 1.807) is 6.07 Å². The number of hydrogen-bond donors (Lipinski definition) is 2. The molecule has 1 aromatic heterocycles. The smallest absolute Gasteiger partial charge is 0.131 e. The topological polar surface area (TPSA) is 69.4 Å². The normalized spacial score (nSPS) is 34.6. The molecule has 18 heavy (non-hydrogen) atoms. The number of halogens is 2. The standard InChI is InChI=1S/C11H13Cl2N3O2/c12-5-2-15-9(13)1-7(5)16-8-4-18-10-6(14)3-17-11(8)10/h1-2,6,8,10-11H,3-4,14H2,(H,15,16)/t6-,8-,10?,11?/m0/s1. The van der Waals surface area contributed by atoms with Gasteiger partial charge in [0.25, 0.3) is 0 Å². The Hall–Kier alpha value is -0.590. The van der Waals surface area contributed by atoms with Crippen molar-refractivity contribution in [3.05, 3.63) is 22.4 Å². The first kappa shape index (κ1) is 12.4. The second kappa shape index (κ2) is 4.83. The number of nitrogens with zero attached hydrogens (tertiary/aromatic N) is 1. The lowest BCUT2D eigenvalue weighted by Crippen LogP contribution is -2.38. The van der Waals surface area contributed by atoms with Gasteiger partial charge < -0.3 is 20.5 Å². The van der Waals surface area contributed by atoms with Gasteiger partial charge in [0.2, 0.25) is 0 Å². The van der Waals surface area contributed by atoms with Crippen LogP contribution in [0.15, 0.2) is 12.3 Å². The van der Waals surface area contributed by atoms with Gasteiger partial charge >= 0.3 is 0 Å². The van der Waals surface area contributed by atoms with Crippen LogP contribution in [0.2, 0.25) is 10.2 Å². The maximum Gasteiger partial charge on any atom is 0.131 e. The molecule has 2 saturated heterocycles. The zero-order chi connectivity index (χ0) is 12.7. The third kappa shape index (κ3) is 2.17. The molecule has 0 aromatic carbocycles. The molecule has 7 heteroatoms. The van der Waals surface area contributed by atoms with Crippen molar-refractivity contribution < 1.29 is 9.47 Å². The van der Waals surface area contributed by atoms with Crippen molar-refractivity contribution in [3.8, 4) is 0 Å². The van der Waals surface area contributed by atoms with Crippen LogP contribution in [0.25, 0.3) is 0 Å². The van der Waals surface area contributed by atoms with Gasteiger partial charge in [-0.05, 0) is 0 Å². The summed E-state index contributed by atoms with van der Waals surface area (Å²) in [4.78, 5) is 3.90. The van der Waals surface area contributed by atoms with Crippen molar-refractivity contribution >= 4 is 28.9 Å². The van der Waals surface area contributed by atoms with E-state index in [2.05, 4.69) is 10.3 Å².